The molecule has 112 valence electrons. The number of nitrogens with zero attached hydrogens (tertiary/aromatic N) is 4. The van der Waals surface area contributed by atoms with E-state index in [9.17, 15) is 0 Å². The summed E-state index contributed by atoms with van der Waals surface area (Å²) in [5.74, 6) is 1.26. The number of rotatable bonds is 3. The van der Waals surface area contributed by atoms with Crippen molar-refractivity contribution in [2.24, 2.45) is 0 Å². The largest absolute Gasteiger partial charge is 0.473 e. The highest BCUT2D eigenvalue weighted by molar-refractivity contribution is 5.68. The normalized spacial score (nSPS) is 24.2. The SMILES string of the molecule is CC(C)Oc1ncnc(N2CC(C)N(C)C(C)C2)c1N. The van der Waals surface area contributed by atoms with Crippen LogP contribution in [0.4, 0.5) is 11.5 Å². The Morgan fingerprint density at radius 3 is 2.40 bits per heavy atom. The van der Waals surface area contributed by atoms with Crippen LogP contribution in [0.25, 0.3) is 0 Å². The number of aromatic nitrogens is 2. The minimum absolute atomic E-state index is 0.0467. The fourth-order valence-corrected chi connectivity index (χ4v) is 2.52. The Morgan fingerprint density at radius 2 is 1.85 bits per heavy atom. The monoisotopic (exact) mass is 279 g/mol. The summed E-state index contributed by atoms with van der Waals surface area (Å²) < 4.78 is 5.64. The summed E-state index contributed by atoms with van der Waals surface area (Å²) >= 11 is 0. The summed E-state index contributed by atoms with van der Waals surface area (Å²) in [4.78, 5) is 13.1. The summed E-state index contributed by atoms with van der Waals surface area (Å²) in [6, 6.07) is 0.921. The van der Waals surface area contributed by atoms with Crippen molar-refractivity contribution in [3.05, 3.63) is 6.33 Å². The maximum atomic E-state index is 6.18. The predicted molar refractivity (Wildman–Crippen MR) is 81.1 cm³/mol. The van der Waals surface area contributed by atoms with Gasteiger partial charge in [0.2, 0.25) is 5.88 Å². The lowest BCUT2D eigenvalue weighted by Gasteiger charge is -2.43. The van der Waals surface area contributed by atoms with Crippen molar-refractivity contribution in [2.75, 3.05) is 30.8 Å². The number of piperazine rings is 1. The van der Waals surface area contributed by atoms with E-state index in [2.05, 4.69) is 40.7 Å². The van der Waals surface area contributed by atoms with E-state index in [-0.39, 0.29) is 6.10 Å². The second-order valence-corrected chi connectivity index (χ2v) is 5.85. The van der Waals surface area contributed by atoms with Gasteiger partial charge < -0.3 is 15.4 Å². The molecule has 2 unspecified atom stereocenters. The van der Waals surface area contributed by atoms with Gasteiger partial charge in [-0.1, -0.05) is 0 Å². The van der Waals surface area contributed by atoms with Crippen LogP contribution in [0, 0.1) is 0 Å². The predicted octanol–water partition coefficient (Wildman–Crippen LogP) is 1.37. The second kappa shape index (κ2) is 5.83. The lowest BCUT2D eigenvalue weighted by Crippen LogP contribution is -2.55. The third kappa shape index (κ3) is 2.95. The van der Waals surface area contributed by atoms with E-state index in [1.807, 2.05) is 13.8 Å². The zero-order valence-electron chi connectivity index (χ0n) is 13.0. The summed E-state index contributed by atoms with van der Waals surface area (Å²) in [7, 11) is 2.16. The molecule has 2 atom stereocenters. The summed E-state index contributed by atoms with van der Waals surface area (Å²) in [6.07, 6.45) is 1.57. The van der Waals surface area contributed by atoms with Gasteiger partial charge >= 0.3 is 0 Å². The van der Waals surface area contributed by atoms with Crippen LogP contribution in [-0.2, 0) is 0 Å². The van der Waals surface area contributed by atoms with Gasteiger partial charge in [-0.2, -0.15) is 4.98 Å². The number of nitrogen functional groups attached to an aromatic ring is 1. The number of likely N-dealkylation sites (N-methyl/N-ethyl adjacent to an activating group) is 1. The zero-order chi connectivity index (χ0) is 14.9. The first-order valence-electron chi connectivity index (χ1n) is 7.14. The van der Waals surface area contributed by atoms with E-state index in [0.717, 1.165) is 18.9 Å². The minimum atomic E-state index is 0.0467. The molecule has 0 saturated carbocycles. The molecule has 2 heterocycles. The van der Waals surface area contributed by atoms with Crippen LogP contribution < -0.4 is 15.4 Å². The highest BCUT2D eigenvalue weighted by Crippen LogP contribution is 2.30. The Hall–Kier alpha value is -1.56. The van der Waals surface area contributed by atoms with Crippen molar-refractivity contribution in [3.63, 3.8) is 0 Å². The van der Waals surface area contributed by atoms with Crippen molar-refractivity contribution in [1.82, 2.24) is 14.9 Å². The van der Waals surface area contributed by atoms with Gasteiger partial charge in [0.1, 0.15) is 12.0 Å². The highest BCUT2D eigenvalue weighted by atomic mass is 16.5. The van der Waals surface area contributed by atoms with E-state index >= 15 is 0 Å². The van der Waals surface area contributed by atoms with E-state index in [1.165, 1.54) is 6.33 Å². The number of hydrogen-bond acceptors (Lipinski definition) is 6. The number of anilines is 2. The van der Waals surface area contributed by atoms with Gasteiger partial charge in [0.15, 0.2) is 5.82 Å². The molecule has 0 aliphatic carbocycles. The van der Waals surface area contributed by atoms with Crippen molar-refractivity contribution in [3.8, 4) is 5.88 Å². The van der Waals surface area contributed by atoms with E-state index < -0.39 is 0 Å². The van der Waals surface area contributed by atoms with Crippen LogP contribution in [0.1, 0.15) is 27.7 Å². The number of ether oxygens (including phenoxy) is 1. The molecule has 2 rings (SSSR count). The lowest BCUT2D eigenvalue weighted by molar-refractivity contribution is 0.169. The molecule has 20 heavy (non-hydrogen) atoms. The number of hydrogen-bond donors (Lipinski definition) is 1. The molecule has 0 bridgehead atoms. The lowest BCUT2D eigenvalue weighted by atomic mass is 10.1. The Balaban J connectivity index is 2.24. The van der Waals surface area contributed by atoms with Gasteiger partial charge in [-0.25, -0.2) is 4.98 Å². The van der Waals surface area contributed by atoms with Crippen LogP contribution in [0.5, 0.6) is 5.88 Å². The maximum Gasteiger partial charge on any atom is 0.242 e. The molecule has 6 nitrogen and oxygen atoms in total. The summed E-state index contributed by atoms with van der Waals surface area (Å²) in [5.41, 5.74) is 6.72. The van der Waals surface area contributed by atoms with Gasteiger partial charge in [-0.3, -0.25) is 4.90 Å². The maximum absolute atomic E-state index is 6.18. The first-order chi connectivity index (χ1) is 9.40. The van der Waals surface area contributed by atoms with Gasteiger partial charge in [-0.15, -0.1) is 0 Å². The Morgan fingerprint density at radius 1 is 1.25 bits per heavy atom. The summed E-state index contributed by atoms with van der Waals surface area (Å²) in [5, 5.41) is 0. The molecule has 1 fully saturated rings. The third-order valence-electron chi connectivity index (χ3n) is 3.83. The molecular weight excluding hydrogens is 254 g/mol. The molecule has 0 aromatic carbocycles. The molecule has 1 aromatic heterocycles. The van der Waals surface area contributed by atoms with Gasteiger partial charge in [0, 0.05) is 25.2 Å². The Labute approximate surface area is 120 Å². The third-order valence-corrected chi connectivity index (χ3v) is 3.83. The van der Waals surface area contributed by atoms with Crippen LogP contribution in [0.15, 0.2) is 6.33 Å². The molecular formula is C14H25N5O. The Kier molecular flexibility index (Phi) is 4.32. The van der Waals surface area contributed by atoms with Crippen LogP contribution in [0.3, 0.4) is 0 Å². The average Bonchev–Trinajstić information content (AvgIpc) is 2.37. The van der Waals surface area contributed by atoms with E-state index in [4.69, 9.17) is 10.5 Å². The Bertz CT molecular complexity index is 453. The van der Waals surface area contributed by atoms with Crippen molar-refractivity contribution < 1.29 is 4.74 Å². The first kappa shape index (κ1) is 14.8. The van der Waals surface area contributed by atoms with E-state index in [0.29, 0.717) is 23.7 Å². The van der Waals surface area contributed by atoms with Crippen molar-refractivity contribution >= 4 is 11.5 Å². The van der Waals surface area contributed by atoms with Crippen molar-refractivity contribution in [2.45, 2.75) is 45.9 Å². The van der Waals surface area contributed by atoms with Gasteiger partial charge in [-0.05, 0) is 34.7 Å². The standard InChI is InChI=1S/C14H25N5O/c1-9(2)20-14-12(15)13(16-8-17-14)19-6-10(3)18(5)11(4)7-19/h8-11H,6-7,15H2,1-5H3. The average molecular weight is 279 g/mol. The fourth-order valence-electron chi connectivity index (χ4n) is 2.52. The zero-order valence-corrected chi connectivity index (χ0v) is 13.0. The smallest absolute Gasteiger partial charge is 0.242 e. The highest BCUT2D eigenvalue weighted by Gasteiger charge is 2.29. The van der Waals surface area contributed by atoms with Gasteiger partial charge in [0.25, 0.3) is 0 Å². The quantitative estimate of drug-likeness (QED) is 0.901. The van der Waals surface area contributed by atoms with E-state index in [1.54, 1.807) is 0 Å². The fraction of sp³-hybridized carbons (Fsp3) is 0.714. The topological polar surface area (TPSA) is 67.5 Å². The molecule has 1 aliphatic heterocycles. The molecule has 1 aromatic rings. The molecule has 1 aliphatic rings. The number of nitrogens with two attached hydrogens (primary N) is 1. The first-order valence-corrected chi connectivity index (χ1v) is 7.14. The molecule has 1 saturated heterocycles. The van der Waals surface area contributed by atoms with Crippen LogP contribution >= 0.6 is 0 Å². The molecule has 0 amide bonds. The van der Waals surface area contributed by atoms with Gasteiger partial charge in [0.05, 0.1) is 6.10 Å². The second-order valence-electron chi connectivity index (χ2n) is 5.85. The van der Waals surface area contributed by atoms with Crippen molar-refractivity contribution in [1.29, 1.82) is 0 Å². The van der Waals surface area contributed by atoms with Crippen LogP contribution in [-0.4, -0.2) is 53.2 Å². The molecule has 2 N–H and O–H groups in total. The summed E-state index contributed by atoms with van der Waals surface area (Å²) in [6.45, 7) is 10.2. The minimum Gasteiger partial charge on any atom is -0.473 e. The molecule has 0 radical (unpaired) electrons. The van der Waals surface area contributed by atoms with Crippen LogP contribution in [0.2, 0.25) is 0 Å². The molecule has 6 heteroatoms. The molecule has 0 spiro atoms.